The molecule has 0 aromatic heterocycles. The van der Waals surface area contributed by atoms with Gasteiger partial charge in [0, 0.05) is 11.3 Å². The Balaban J connectivity index is 1.55. The van der Waals surface area contributed by atoms with Crippen molar-refractivity contribution < 1.29 is 23.5 Å². The number of anilines is 1. The van der Waals surface area contributed by atoms with Gasteiger partial charge in [-0.1, -0.05) is 48.5 Å². The molecule has 5 nitrogen and oxygen atoms in total. The summed E-state index contributed by atoms with van der Waals surface area (Å²) < 4.78 is 23.7. The van der Waals surface area contributed by atoms with Gasteiger partial charge in [0.25, 0.3) is 5.91 Å². The monoisotopic (exact) mass is 393 g/mol. The van der Waals surface area contributed by atoms with Crippen molar-refractivity contribution in [3.8, 4) is 16.9 Å². The highest BCUT2D eigenvalue weighted by atomic mass is 19.1. The van der Waals surface area contributed by atoms with Crippen molar-refractivity contribution in [3.63, 3.8) is 0 Å². The molecule has 1 N–H and O–H groups in total. The van der Waals surface area contributed by atoms with Gasteiger partial charge in [0.05, 0.1) is 0 Å². The lowest BCUT2D eigenvalue weighted by atomic mass is 10.1. The van der Waals surface area contributed by atoms with E-state index in [4.69, 9.17) is 9.47 Å². The maximum atomic E-state index is 12.9. The van der Waals surface area contributed by atoms with Gasteiger partial charge in [0.15, 0.2) is 12.7 Å². The summed E-state index contributed by atoms with van der Waals surface area (Å²) in [5.41, 5.74) is 2.22. The molecule has 3 aromatic carbocycles. The minimum Gasteiger partial charge on any atom is -0.481 e. The molecule has 0 heterocycles. The SMILES string of the molecule is C[C@@H](OC(=O)COc1ccccc1-c1ccccc1)C(=O)Nc1ccc(F)cc1. The maximum Gasteiger partial charge on any atom is 0.344 e. The number of amides is 1. The summed E-state index contributed by atoms with van der Waals surface area (Å²) in [5, 5.41) is 2.56. The summed E-state index contributed by atoms with van der Waals surface area (Å²) in [5.74, 6) is -1.06. The van der Waals surface area contributed by atoms with E-state index < -0.39 is 23.8 Å². The van der Waals surface area contributed by atoms with Crippen molar-refractivity contribution in [1.82, 2.24) is 0 Å². The Kier molecular flexibility index (Phi) is 6.58. The molecule has 0 aliphatic carbocycles. The molecule has 0 fully saturated rings. The maximum absolute atomic E-state index is 12.9. The average Bonchev–Trinajstić information content (AvgIpc) is 2.74. The fraction of sp³-hybridized carbons (Fsp3) is 0.130. The Hall–Kier alpha value is -3.67. The average molecular weight is 393 g/mol. The number of benzene rings is 3. The number of esters is 1. The number of hydrogen-bond acceptors (Lipinski definition) is 4. The van der Waals surface area contributed by atoms with Crippen molar-refractivity contribution in [2.75, 3.05) is 11.9 Å². The minimum atomic E-state index is -1.03. The molecule has 6 heteroatoms. The van der Waals surface area contributed by atoms with E-state index in [9.17, 15) is 14.0 Å². The van der Waals surface area contributed by atoms with Gasteiger partial charge >= 0.3 is 5.97 Å². The van der Waals surface area contributed by atoms with Crippen LogP contribution >= 0.6 is 0 Å². The Bertz CT molecular complexity index is 974. The van der Waals surface area contributed by atoms with E-state index in [1.165, 1.54) is 31.2 Å². The quantitative estimate of drug-likeness (QED) is 0.603. The third-order valence-corrected chi connectivity index (χ3v) is 4.11. The second-order valence-electron chi connectivity index (χ2n) is 6.28. The Morgan fingerprint density at radius 2 is 1.59 bits per heavy atom. The highest BCUT2D eigenvalue weighted by molar-refractivity contribution is 5.95. The fourth-order valence-corrected chi connectivity index (χ4v) is 2.65. The normalized spacial score (nSPS) is 11.4. The van der Waals surface area contributed by atoms with Crippen LogP contribution in [-0.4, -0.2) is 24.6 Å². The van der Waals surface area contributed by atoms with E-state index >= 15 is 0 Å². The second kappa shape index (κ2) is 9.50. The molecule has 3 rings (SSSR count). The van der Waals surface area contributed by atoms with E-state index in [2.05, 4.69) is 5.32 Å². The van der Waals surface area contributed by atoms with Gasteiger partial charge in [-0.15, -0.1) is 0 Å². The standard InChI is InChI=1S/C23H20FNO4/c1-16(23(27)25-19-13-11-18(24)12-14-19)29-22(26)15-28-21-10-6-5-9-20(21)17-7-3-2-4-8-17/h2-14,16H,15H2,1H3,(H,25,27)/t16-/m1/s1. The van der Waals surface area contributed by atoms with Gasteiger partial charge in [-0.2, -0.15) is 0 Å². The summed E-state index contributed by atoms with van der Waals surface area (Å²) in [6.07, 6.45) is -1.03. The highest BCUT2D eigenvalue weighted by Gasteiger charge is 2.19. The van der Waals surface area contributed by atoms with Crippen LogP contribution in [0.3, 0.4) is 0 Å². The molecule has 1 amide bonds. The number of nitrogens with one attached hydrogen (secondary N) is 1. The fourth-order valence-electron chi connectivity index (χ4n) is 2.65. The van der Waals surface area contributed by atoms with Gasteiger partial charge < -0.3 is 14.8 Å². The van der Waals surface area contributed by atoms with Gasteiger partial charge in [0.2, 0.25) is 0 Å². The number of carbonyl (C=O) groups is 2. The Morgan fingerprint density at radius 3 is 2.31 bits per heavy atom. The van der Waals surface area contributed by atoms with Crippen LogP contribution in [0.4, 0.5) is 10.1 Å². The van der Waals surface area contributed by atoms with Crippen molar-refractivity contribution >= 4 is 17.6 Å². The molecule has 1 atom stereocenters. The van der Waals surface area contributed by atoms with Crippen molar-refractivity contribution in [2.24, 2.45) is 0 Å². The lowest BCUT2D eigenvalue weighted by Crippen LogP contribution is -2.31. The first-order valence-corrected chi connectivity index (χ1v) is 9.06. The Morgan fingerprint density at radius 1 is 0.931 bits per heavy atom. The first kappa shape index (κ1) is 20.1. The molecule has 0 aliphatic rings. The zero-order valence-corrected chi connectivity index (χ0v) is 15.8. The predicted octanol–water partition coefficient (Wildman–Crippen LogP) is 4.44. The zero-order chi connectivity index (χ0) is 20.6. The minimum absolute atomic E-state index is 0.335. The molecule has 0 unspecified atom stereocenters. The first-order valence-electron chi connectivity index (χ1n) is 9.06. The predicted molar refractivity (Wildman–Crippen MR) is 108 cm³/mol. The molecule has 0 aliphatic heterocycles. The molecule has 3 aromatic rings. The number of para-hydroxylation sites is 1. The lowest BCUT2D eigenvalue weighted by molar-refractivity contribution is -0.155. The van der Waals surface area contributed by atoms with Crippen LogP contribution in [0.15, 0.2) is 78.9 Å². The summed E-state index contributed by atoms with van der Waals surface area (Å²) >= 11 is 0. The van der Waals surface area contributed by atoms with E-state index in [1.807, 2.05) is 48.5 Å². The van der Waals surface area contributed by atoms with Crippen molar-refractivity contribution in [2.45, 2.75) is 13.0 Å². The number of ether oxygens (including phenoxy) is 2. The zero-order valence-electron chi connectivity index (χ0n) is 15.8. The smallest absolute Gasteiger partial charge is 0.344 e. The van der Waals surface area contributed by atoms with E-state index in [1.54, 1.807) is 6.07 Å². The molecule has 0 saturated heterocycles. The van der Waals surface area contributed by atoms with Crippen molar-refractivity contribution in [1.29, 1.82) is 0 Å². The number of rotatable bonds is 7. The molecule has 148 valence electrons. The van der Waals surface area contributed by atoms with Crippen molar-refractivity contribution in [3.05, 3.63) is 84.7 Å². The molecule has 0 spiro atoms. The van der Waals surface area contributed by atoms with Crippen LogP contribution in [0.2, 0.25) is 0 Å². The summed E-state index contributed by atoms with van der Waals surface area (Å²) in [7, 11) is 0. The second-order valence-corrected chi connectivity index (χ2v) is 6.28. The number of hydrogen-bond donors (Lipinski definition) is 1. The first-order chi connectivity index (χ1) is 14.0. The van der Waals surface area contributed by atoms with Crippen LogP contribution in [0, 0.1) is 5.82 Å². The molecule has 0 saturated carbocycles. The van der Waals surface area contributed by atoms with Gasteiger partial charge in [0.1, 0.15) is 11.6 Å². The van der Waals surface area contributed by atoms with E-state index in [0.29, 0.717) is 11.4 Å². The van der Waals surface area contributed by atoms with Gasteiger partial charge in [-0.05, 0) is 42.8 Å². The van der Waals surface area contributed by atoms with Crippen LogP contribution in [0.25, 0.3) is 11.1 Å². The topological polar surface area (TPSA) is 64.6 Å². The summed E-state index contributed by atoms with van der Waals surface area (Å²) in [6, 6.07) is 22.3. The third kappa shape index (κ3) is 5.65. The number of halogens is 1. The van der Waals surface area contributed by atoms with E-state index in [-0.39, 0.29) is 6.61 Å². The van der Waals surface area contributed by atoms with Gasteiger partial charge in [-0.25, -0.2) is 9.18 Å². The van der Waals surface area contributed by atoms with Crippen LogP contribution < -0.4 is 10.1 Å². The third-order valence-electron chi connectivity index (χ3n) is 4.11. The van der Waals surface area contributed by atoms with E-state index in [0.717, 1.165) is 11.1 Å². The van der Waals surface area contributed by atoms with Crippen LogP contribution in [0.1, 0.15) is 6.92 Å². The molecular weight excluding hydrogens is 373 g/mol. The molecule has 0 radical (unpaired) electrons. The highest BCUT2D eigenvalue weighted by Crippen LogP contribution is 2.29. The lowest BCUT2D eigenvalue weighted by Gasteiger charge is -2.15. The van der Waals surface area contributed by atoms with Crippen LogP contribution in [0.5, 0.6) is 5.75 Å². The summed E-state index contributed by atoms with van der Waals surface area (Å²) in [4.78, 5) is 24.2. The van der Waals surface area contributed by atoms with Crippen LogP contribution in [-0.2, 0) is 14.3 Å². The largest absolute Gasteiger partial charge is 0.481 e. The molecule has 0 bridgehead atoms. The Labute approximate surface area is 168 Å². The molecule has 29 heavy (non-hydrogen) atoms. The number of carbonyl (C=O) groups excluding carboxylic acids is 2. The molecular formula is C23H20FNO4. The van der Waals surface area contributed by atoms with Gasteiger partial charge in [-0.3, -0.25) is 4.79 Å². The summed E-state index contributed by atoms with van der Waals surface area (Å²) in [6.45, 7) is 1.12.